The van der Waals surface area contributed by atoms with Crippen LogP contribution in [0.2, 0.25) is 0 Å². The van der Waals surface area contributed by atoms with Gasteiger partial charge >= 0.3 is 0 Å². The second kappa shape index (κ2) is 3.53. The molecule has 1 saturated carbocycles. The molecule has 1 fully saturated rings. The molecule has 0 amide bonds. The van der Waals surface area contributed by atoms with Crippen molar-refractivity contribution in [3.8, 4) is 0 Å². The number of carbonyl (C=O) groups excluding carboxylic acids is 2. The van der Waals surface area contributed by atoms with Gasteiger partial charge in [-0.15, -0.1) is 0 Å². The average Bonchev–Trinajstić information content (AvgIpc) is 1.94. The first-order chi connectivity index (χ1) is 6.32. The van der Waals surface area contributed by atoms with E-state index >= 15 is 0 Å². The van der Waals surface area contributed by atoms with Crippen LogP contribution in [0.1, 0.15) is 26.7 Å². The van der Waals surface area contributed by atoms with E-state index in [-0.39, 0.29) is 22.6 Å². The molecule has 0 unspecified atom stereocenters. The van der Waals surface area contributed by atoms with Crippen LogP contribution in [-0.4, -0.2) is 28.9 Å². The standard InChI is InChI=1S/C10H15NO3/c1-10(2)4-8(12)7(6-11(3)14)9(13)5-10/h6,14H,4-5H2,1-3H3. The first-order valence-electron chi connectivity index (χ1n) is 4.52. The third kappa shape index (κ3) is 2.42. The van der Waals surface area contributed by atoms with Crippen LogP contribution >= 0.6 is 0 Å². The Morgan fingerprint density at radius 1 is 1.29 bits per heavy atom. The van der Waals surface area contributed by atoms with Crippen LogP contribution < -0.4 is 0 Å². The fourth-order valence-corrected chi connectivity index (χ4v) is 1.61. The molecular formula is C10H15NO3. The predicted molar refractivity (Wildman–Crippen MR) is 50.7 cm³/mol. The maximum absolute atomic E-state index is 11.5. The van der Waals surface area contributed by atoms with Gasteiger partial charge in [-0.1, -0.05) is 13.8 Å². The minimum absolute atomic E-state index is 0.106. The zero-order valence-electron chi connectivity index (χ0n) is 8.70. The molecule has 0 saturated heterocycles. The summed E-state index contributed by atoms with van der Waals surface area (Å²) >= 11 is 0. The van der Waals surface area contributed by atoms with Crippen molar-refractivity contribution < 1.29 is 14.8 Å². The van der Waals surface area contributed by atoms with Gasteiger partial charge < -0.3 is 0 Å². The Kier molecular flexibility index (Phi) is 2.76. The number of nitrogens with zero attached hydrogens (tertiary/aromatic N) is 1. The molecule has 0 spiro atoms. The molecule has 1 N–H and O–H groups in total. The Morgan fingerprint density at radius 2 is 1.71 bits per heavy atom. The van der Waals surface area contributed by atoms with Gasteiger partial charge in [-0.3, -0.25) is 19.9 Å². The highest BCUT2D eigenvalue weighted by atomic mass is 16.5. The molecule has 4 heteroatoms. The molecule has 78 valence electrons. The summed E-state index contributed by atoms with van der Waals surface area (Å²) in [7, 11) is 1.37. The number of carbonyl (C=O) groups is 2. The Labute approximate surface area is 83.2 Å². The van der Waals surface area contributed by atoms with Gasteiger partial charge in [-0.25, -0.2) is 0 Å². The van der Waals surface area contributed by atoms with Gasteiger partial charge in [0.1, 0.15) is 0 Å². The molecule has 0 heterocycles. The van der Waals surface area contributed by atoms with E-state index in [2.05, 4.69) is 0 Å². The SMILES string of the molecule is CN(O)C=C1C(=O)CC(C)(C)CC1=O. The Balaban J connectivity index is 2.92. The fraction of sp³-hybridized carbons (Fsp3) is 0.600. The van der Waals surface area contributed by atoms with Crippen LogP contribution in [0.5, 0.6) is 0 Å². The lowest BCUT2D eigenvalue weighted by molar-refractivity contribution is -0.128. The smallest absolute Gasteiger partial charge is 0.168 e. The highest BCUT2D eigenvalue weighted by molar-refractivity contribution is 6.22. The molecule has 1 aliphatic carbocycles. The largest absolute Gasteiger partial charge is 0.294 e. The minimum atomic E-state index is -0.250. The zero-order valence-corrected chi connectivity index (χ0v) is 8.70. The lowest BCUT2D eigenvalue weighted by Crippen LogP contribution is -2.32. The lowest BCUT2D eigenvalue weighted by Gasteiger charge is -2.28. The van der Waals surface area contributed by atoms with Crippen molar-refractivity contribution in [3.63, 3.8) is 0 Å². The summed E-state index contributed by atoms with van der Waals surface area (Å²) in [4.78, 5) is 23.1. The van der Waals surface area contributed by atoms with E-state index in [1.807, 2.05) is 13.8 Å². The van der Waals surface area contributed by atoms with E-state index in [1.165, 1.54) is 13.2 Å². The van der Waals surface area contributed by atoms with E-state index in [0.717, 1.165) is 5.06 Å². The summed E-state index contributed by atoms with van der Waals surface area (Å²) in [6, 6.07) is 0. The van der Waals surface area contributed by atoms with Crippen molar-refractivity contribution >= 4 is 11.6 Å². The Morgan fingerprint density at radius 3 is 2.07 bits per heavy atom. The minimum Gasteiger partial charge on any atom is -0.294 e. The highest BCUT2D eigenvalue weighted by Gasteiger charge is 2.35. The van der Waals surface area contributed by atoms with Gasteiger partial charge in [0.2, 0.25) is 0 Å². The predicted octanol–water partition coefficient (Wildman–Crippen LogP) is 1.15. The van der Waals surface area contributed by atoms with Gasteiger partial charge in [0.05, 0.1) is 5.57 Å². The molecule has 0 aliphatic heterocycles. The van der Waals surface area contributed by atoms with Crippen molar-refractivity contribution in [1.82, 2.24) is 5.06 Å². The van der Waals surface area contributed by atoms with Crippen LogP contribution in [0.3, 0.4) is 0 Å². The molecule has 1 rings (SSSR count). The van der Waals surface area contributed by atoms with E-state index < -0.39 is 0 Å². The van der Waals surface area contributed by atoms with E-state index in [0.29, 0.717) is 12.8 Å². The number of Topliss-reactive ketones (excluding diaryl/α,β-unsaturated/α-hetero) is 2. The van der Waals surface area contributed by atoms with E-state index in [9.17, 15) is 9.59 Å². The Hall–Kier alpha value is -1.16. The van der Waals surface area contributed by atoms with Crippen LogP contribution in [0.15, 0.2) is 11.8 Å². The summed E-state index contributed by atoms with van der Waals surface area (Å²) in [5, 5.41) is 9.66. The van der Waals surface area contributed by atoms with E-state index in [1.54, 1.807) is 0 Å². The number of hydrogen-bond donors (Lipinski definition) is 1. The van der Waals surface area contributed by atoms with Crippen molar-refractivity contribution in [2.75, 3.05) is 7.05 Å². The van der Waals surface area contributed by atoms with Crippen molar-refractivity contribution in [1.29, 1.82) is 0 Å². The van der Waals surface area contributed by atoms with Gasteiger partial charge in [-0.05, 0) is 5.41 Å². The fourth-order valence-electron chi connectivity index (χ4n) is 1.61. The molecule has 0 atom stereocenters. The molecule has 0 aromatic carbocycles. The number of allylic oxidation sites excluding steroid dienone is 1. The van der Waals surface area contributed by atoms with Crippen LogP contribution in [0.4, 0.5) is 0 Å². The summed E-state index contributed by atoms with van der Waals surface area (Å²) in [5.41, 5.74) is -0.145. The quantitative estimate of drug-likeness (QED) is 0.389. The van der Waals surface area contributed by atoms with Crippen LogP contribution in [0.25, 0.3) is 0 Å². The second-order valence-corrected chi connectivity index (χ2v) is 4.48. The number of ketones is 2. The molecule has 14 heavy (non-hydrogen) atoms. The topological polar surface area (TPSA) is 57.6 Å². The van der Waals surface area contributed by atoms with Gasteiger partial charge in [-0.2, -0.15) is 0 Å². The molecular weight excluding hydrogens is 182 g/mol. The number of rotatable bonds is 1. The van der Waals surface area contributed by atoms with Crippen molar-refractivity contribution in [2.24, 2.45) is 5.41 Å². The first kappa shape index (κ1) is 10.9. The van der Waals surface area contributed by atoms with Gasteiger partial charge in [0, 0.05) is 26.1 Å². The number of hydrogen-bond acceptors (Lipinski definition) is 4. The van der Waals surface area contributed by atoms with Crippen molar-refractivity contribution in [2.45, 2.75) is 26.7 Å². The molecule has 0 bridgehead atoms. The third-order valence-corrected chi connectivity index (χ3v) is 2.19. The van der Waals surface area contributed by atoms with Gasteiger partial charge in [0.15, 0.2) is 11.6 Å². The maximum atomic E-state index is 11.5. The molecule has 4 nitrogen and oxygen atoms in total. The molecule has 0 aromatic rings. The lowest BCUT2D eigenvalue weighted by atomic mass is 9.74. The summed E-state index contributed by atoms with van der Waals surface area (Å²) in [6.07, 6.45) is 1.90. The maximum Gasteiger partial charge on any atom is 0.168 e. The molecule has 0 aromatic heterocycles. The second-order valence-electron chi connectivity index (χ2n) is 4.48. The van der Waals surface area contributed by atoms with E-state index in [4.69, 9.17) is 5.21 Å². The van der Waals surface area contributed by atoms with Crippen LogP contribution in [0, 0.1) is 5.41 Å². The molecule has 1 aliphatic rings. The average molecular weight is 197 g/mol. The third-order valence-electron chi connectivity index (χ3n) is 2.19. The number of hydroxylamine groups is 2. The highest BCUT2D eigenvalue weighted by Crippen LogP contribution is 2.33. The summed E-state index contributed by atoms with van der Waals surface area (Å²) in [5.74, 6) is -0.376. The first-order valence-corrected chi connectivity index (χ1v) is 4.52. The van der Waals surface area contributed by atoms with Crippen LogP contribution in [-0.2, 0) is 9.59 Å². The normalized spacial score (nSPS) is 21.0. The monoisotopic (exact) mass is 197 g/mol. The summed E-state index contributed by atoms with van der Waals surface area (Å²) < 4.78 is 0. The molecule has 0 radical (unpaired) electrons. The Bertz CT molecular complexity index is 280. The van der Waals surface area contributed by atoms with Crippen molar-refractivity contribution in [3.05, 3.63) is 11.8 Å². The van der Waals surface area contributed by atoms with Gasteiger partial charge in [0.25, 0.3) is 0 Å². The summed E-state index contributed by atoms with van der Waals surface area (Å²) in [6.45, 7) is 3.78. The zero-order chi connectivity index (χ0) is 10.9.